The molecule has 1 aromatic carbocycles. The molecule has 0 amide bonds. The van der Waals surface area contributed by atoms with Gasteiger partial charge in [0.1, 0.15) is 0 Å². The molecule has 0 aromatic heterocycles. The Kier molecular flexibility index (Phi) is 2.94. The lowest BCUT2D eigenvalue weighted by molar-refractivity contribution is 0.995. The highest BCUT2D eigenvalue weighted by Crippen LogP contribution is 2.25. The maximum absolute atomic E-state index is 5.34. The van der Waals surface area contributed by atoms with E-state index < -0.39 is 0 Å². The first-order valence-corrected chi connectivity index (χ1v) is 4.66. The zero-order valence-corrected chi connectivity index (χ0v) is 8.85. The van der Waals surface area contributed by atoms with Gasteiger partial charge in [0.05, 0.1) is 0 Å². The Morgan fingerprint density at radius 2 is 2.17 bits per heavy atom. The topological polar surface area (TPSA) is 0 Å². The number of benzene rings is 1. The Morgan fingerprint density at radius 1 is 1.50 bits per heavy atom. The molecular formula is C11H11Br. The summed E-state index contributed by atoms with van der Waals surface area (Å²) in [7, 11) is 0. The van der Waals surface area contributed by atoms with Crippen molar-refractivity contribution in [1.82, 2.24) is 0 Å². The van der Waals surface area contributed by atoms with E-state index in [-0.39, 0.29) is 5.92 Å². The molecule has 1 heteroatoms. The molecule has 1 aromatic rings. The molecule has 1 unspecified atom stereocenters. The maximum atomic E-state index is 5.34. The van der Waals surface area contributed by atoms with Crippen LogP contribution in [0.1, 0.15) is 24.0 Å². The number of hydrogen-bond donors (Lipinski definition) is 0. The molecule has 0 heterocycles. The van der Waals surface area contributed by atoms with Crippen LogP contribution in [0.3, 0.4) is 0 Å². The van der Waals surface area contributed by atoms with Crippen LogP contribution in [0.25, 0.3) is 0 Å². The van der Waals surface area contributed by atoms with Gasteiger partial charge in [-0.05, 0) is 31.0 Å². The molecule has 0 aliphatic rings. The zero-order valence-electron chi connectivity index (χ0n) is 7.26. The largest absolute Gasteiger partial charge is 0.119 e. The van der Waals surface area contributed by atoms with E-state index >= 15 is 0 Å². The number of rotatable bonds is 1. The SMILES string of the molecule is C#CC(C)c1ccc(C)cc1Br. The van der Waals surface area contributed by atoms with Crippen molar-refractivity contribution in [1.29, 1.82) is 0 Å². The summed E-state index contributed by atoms with van der Waals surface area (Å²) in [6.07, 6.45) is 5.34. The number of halogens is 1. The average molecular weight is 223 g/mol. The van der Waals surface area contributed by atoms with E-state index in [4.69, 9.17) is 6.42 Å². The fourth-order valence-electron chi connectivity index (χ4n) is 1.07. The molecule has 0 spiro atoms. The maximum Gasteiger partial charge on any atom is 0.0432 e. The van der Waals surface area contributed by atoms with Crippen LogP contribution in [-0.2, 0) is 0 Å². The van der Waals surface area contributed by atoms with E-state index in [0.29, 0.717) is 0 Å². The molecule has 1 rings (SSSR count). The Morgan fingerprint density at radius 3 is 2.67 bits per heavy atom. The third-order valence-electron chi connectivity index (χ3n) is 1.87. The summed E-state index contributed by atoms with van der Waals surface area (Å²) in [6.45, 7) is 4.09. The predicted octanol–water partition coefficient (Wildman–Crippen LogP) is 3.49. The summed E-state index contributed by atoms with van der Waals surface area (Å²) in [4.78, 5) is 0. The lowest BCUT2D eigenvalue weighted by Crippen LogP contribution is -1.91. The van der Waals surface area contributed by atoms with Gasteiger partial charge >= 0.3 is 0 Å². The predicted molar refractivity (Wildman–Crippen MR) is 56.1 cm³/mol. The first kappa shape index (κ1) is 9.35. The molecule has 0 aliphatic heterocycles. The first-order chi connectivity index (χ1) is 5.65. The van der Waals surface area contributed by atoms with Gasteiger partial charge in [0.25, 0.3) is 0 Å². The molecule has 0 nitrogen and oxygen atoms in total. The van der Waals surface area contributed by atoms with E-state index in [1.54, 1.807) is 0 Å². The lowest BCUT2D eigenvalue weighted by atomic mass is 10.0. The Labute approximate surface area is 82.1 Å². The van der Waals surface area contributed by atoms with Crippen molar-refractivity contribution in [3.8, 4) is 12.3 Å². The van der Waals surface area contributed by atoms with Gasteiger partial charge in [0, 0.05) is 10.4 Å². The Hall–Kier alpha value is -0.740. The van der Waals surface area contributed by atoms with Crippen molar-refractivity contribution in [3.05, 3.63) is 33.8 Å². The van der Waals surface area contributed by atoms with Gasteiger partial charge in [-0.25, -0.2) is 0 Å². The summed E-state index contributed by atoms with van der Waals surface area (Å²) in [5, 5.41) is 0. The Bertz CT molecular complexity index is 320. The second-order valence-electron chi connectivity index (χ2n) is 2.91. The summed E-state index contributed by atoms with van der Waals surface area (Å²) in [5.41, 5.74) is 2.43. The summed E-state index contributed by atoms with van der Waals surface area (Å²) in [5.74, 6) is 2.89. The van der Waals surface area contributed by atoms with E-state index in [2.05, 4.69) is 47.0 Å². The molecule has 62 valence electrons. The van der Waals surface area contributed by atoms with Crippen LogP contribution in [-0.4, -0.2) is 0 Å². The smallest absolute Gasteiger partial charge is 0.0432 e. The van der Waals surface area contributed by atoms with Crippen molar-refractivity contribution in [3.63, 3.8) is 0 Å². The van der Waals surface area contributed by atoms with E-state index in [1.165, 1.54) is 11.1 Å². The first-order valence-electron chi connectivity index (χ1n) is 3.87. The fourth-order valence-corrected chi connectivity index (χ4v) is 1.91. The number of hydrogen-bond acceptors (Lipinski definition) is 0. The summed E-state index contributed by atoms with van der Waals surface area (Å²) < 4.78 is 1.10. The number of terminal acetylenes is 1. The minimum Gasteiger partial charge on any atom is -0.119 e. The van der Waals surface area contributed by atoms with Crippen molar-refractivity contribution < 1.29 is 0 Å². The molecule has 0 aliphatic carbocycles. The van der Waals surface area contributed by atoms with Gasteiger partial charge in [0.2, 0.25) is 0 Å². The second-order valence-corrected chi connectivity index (χ2v) is 3.77. The van der Waals surface area contributed by atoms with Crippen molar-refractivity contribution in [2.45, 2.75) is 19.8 Å². The number of aryl methyl sites for hydroxylation is 1. The van der Waals surface area contributed by atoms with Crippen LogP contribution < -0.4 is 0 Å². The average Bonchev–Trinajstić information content (AvgIpc) is 2.03. The van der Waals surface area contributed by atoms with Crippen LogP contribution in [0.5, 0.6) is 0 Å². The van der Waals surface area contributed by atoms with E-state index in [1.807, 2.05) is 6.92 Å². The van der Waals surface area contributed by atoms with Crippen LogP contribution in [0.4, 0.5) is 0 Å². The van der Waals surface area contributed by atoms with Gasteiger partial charge in [-0.3, -0.25) is 0 Å². The summed E-state index contributed by atoms with van der Waals surface area (Å²) in [6, 6.07) is 6.24. The van der Waals surface area contributed by atoms with Crippen molar-refractivity contribution in [2.24, 2.45) is 0 Å². The fraction of sp³-hybridized carbons (Fsp3) is 0.273. The van der Waals surface area contributed by atoms with Gasteiger partial charge < -0.3 is 0 Å². The van der Waals surface area contributed by atoms with Crippen LogP contribution >= 0.6 is 15.9 Å². The van der Waals surface area contributed by atoms with Gasteiger partial charge in [0.15, 0.2) is 0 Å². The van der Waals surface area contributed by atoms with Crippen LogP contribution in [0.15, 0.2) is 22.7 Å². The molecule has 0 fully saturated rings. The Balaban J connectivity index is 3.11. The quantitative estimate of drug-likeness (QED) is 0.639. The monoisotopic (exact) mass is 222 g/mol. The molecule has 0 N–H and O–H groups in total. The van der Waals surface area contributed by atoms with Crippen LogP contribution in [0, 0.1) is 19.3 Å². The molecule has 12 heavy (non-hydrogen) atoms. The normalized spacial score (nSPS) is 12.2. The molecule has 0 saturated carbocycles. The second kappa shape index (κ2) is 3.78. The van der Waals surface area contributed by atoms with Gasteiger partial charge in [-0.15, -0.1) is 6.42 Å². The van der Waals surface area contributed by atoms with Gasteiger partial charge in [-0.1, -0.05) is 34.0 Å². The highest BCUT2D eigenvalue weighted by Gasteiger charge is 2.05. The zero-order chi connectivity index (χ0) is 9.14. The molecule has 0 radical (unpaired) electrons. The highest BCUT2D eigenvalue weighted by molar-refractivity contribution is 9.10. The molecule has 1 atom stereocenters. The van der Waals surface area contributed by atoms with Crippen LogP contribution in [0.2, 0.25) is 0 Å². The van der Waals surface area contributed by atoms with Gasteiger partial charge in [-0.2, -0.15) is 0 Å². The third kappa shape index (κ3) is 1.89. The lowest BCUT2D eigenvalue weighted by Gasteiger charge is -2.07. The minimum atomic E-state index is 0.181. The molecular weight excluding hydrogens is 212 g/mol. The minimum absolute atomic E-state index is 0.181. The van der Waals surface area contributed by atoms with E-state index in [0.717, 1.165) is 4.47 Å². The molecule has 0 saturated heterocycles. The van der Waals surface area contributed by atoms with E-state index in [9.17, 15) is 0 Å². The van der Waals surface area contributed by atoms with Crippen molar-refractivity contribution >= 4 is 15.9 Å². The highest BCUT2D eigenvalue weighted by atomic mass is 79.9. The summed E-state index contributed by atoms with van der Waals surface area (Å²) >= 11 is 3.49. The standard InChI is InChI=1S/C11H11Br/c1-4-9(3)10-6-5-8(2)7-11(10)12/h1,5-7,9H,2-3H3. The molecule has 0 bridgehead atoms. The van der Waals surface area contributed by atoms with Crippen molar-refractivity contribution in [2.75, 3.05) is 0 Å². The third-order valence-corrected chi connectivity index (χ3v) is 2.56.